The van der Waals surface area contributed by atoms with Gasteiger partial charge >= 0.3 is 0 Å². The molecule has 0 aliphatic carbocycles. The summed E-state index contributed by atoms with van der Waals surface area (Å²) in [6.45, 7) is 1.39. The molecule has 2 aromatic rings. The zero-order valence-electron chi connectivity index (χ0n) is 10.5. The summed E-state index contributed by atoms with van der Waals surface area (Å²) in [6, 6.07) is 5.73. The molecule has 0 heterocycles. The lowest BCUT2D eigenvalue weighted by Crippen LogP contribution is -2.09. The maximum Gasteiger partial charge on any atom is 0.170 e. The highest BCUT2D eigenvalue weighted by atomic mass is 19.2. The highest BCUT2D eigenvalue weighted by molar-refractivity contribution is 5.97. The van der Waals surface area contributed by atoms with E-state index in [1.807, 2.05) is 0 Å². The van der Waals surface area contributed by atoms with Crippen LogP contribution in [0.4, 0.5) is 17.6 Å². The van der Waals surface area contributed by atoms with Gasteiger partial charge in [0.05, 0.1) is 5.56 Å². The standard InChI is InChI=1S/C15H10F4O/c1-8-5-6-9(14(18)13(8)17)7-12(20)10-3-2-4-11(16)15(10)19/h2-6H,7H2,1H3. The first-order chi connectivity index (χ1) is 9.41. The Bertz CT molecular complexity index is 680. The third-order valence-electron chi connectivity index (χ3n) is 2.96. The van der Waals surface area contributed by atoms with E-state index in [1.165, 1.54) is 25.1 Å². The predicted octanol–water partition coefficient (Wildman–Crippen LogP) is 3.98. The van der Waals surface area contributed by atoms with Gasteiger partial charge in [-0.15, -0.1) is 0 Å². The van der Waals surface area contributed by atoms with Crippen LogP contribution < -0.4 is 0 Å². The lowest BCUT2D eigenvalue weighted by Gasteiger charge is -2.06. The predicted molar refractivity (Wildman–Crippen MR) is 65.5 cm³/mol. The number of carbonyl (C=O) groups is 1. The molecule has 1 nitrogen and oxygen atoms in total. The van der Waals surface area contributed by atoms with E-state index in [1.54, 1.807) is 0 Å². The maximum atomic E-state index is 13.6. The highest BCUT2D eigenvalue weighted by Crippen LogP contribution is 2.19. The molecule has 0 atom stereocenters. The van der Waals surface area contributed by atoms with E-state index in [0.29, 0.717) is 0 Å². The van der Waals surface area contributed by atoms with Crippen LogP contribution in [-0.4, -0.2) is 5.78 Å². The molecule has 0 aromatic heterocycles. The van der Waals surface area contributed by atoms with Crippen molar-refractivity contribution in [1.82, 2.24) is 0 Å². The number of hydrogen-bond acceptors (Lipinski definition) is 1. The average Bonchev–Trinajstić information content (AvgIpc) is 2.42. The molecule has 0 saturated carbocycles. The van der Waals surface area contributed by atoms with Gasteiger partial charge in [0.15, 0.2) is 29.1 Å². The summed E-state index contributed by atoms with van der Waals surface area (Å²) in [5, 5.41) is 0. The van der Waals surface area contributed by atoms with Crippen molar-refractivity contribution < 1.29 is 22.4 Å². The van der Waals surface area contributed by atoms with Gasteiger partial charge in [0.2, 0.25) is 0 Å². The van der Waals surface area contributed by atoms with Crippen LogP contribution in [0.2, 0.25) is 0 Å². The number of carbonyl (C=O) groups excluding carboxylic acids is 1. The minimum Gasteiger partial charge on any atom is -0.294 e. The van der Waals surface area contributed by atoms with Crippen molar-refractivity contribution in [3.05, 3.63) is 70.3 Å². The molecule has 0 spiro atoms. The van der Waals surface area contributed by atoms with E-state index in [-0.39, 0.29) is 11.1 Å². The van der Waals surface area contributed by atoms with E-state index in [4.69, 9.17) is 0 Å². The molecule has 2 aromatic carbocycles. The first-order valence-electron chi connectivity index (χ1n) is 5.82. The zero-order valence-corrected chi connectivity index (χ0v) is 10.5. The van der Waals surface area contributed by atoms with Gasteiger partial charge in [-0.2, -0.15) is 0 Å². The summed E-state index contributed by atoms with van der Waals surface area (Å²) in [7, 11) is 0. The van der Waals surface area contributed by atoms with E-state index in [9.17, 15) is 22.4 Å². The van der Waals surface area contributed by atoms with E-state index in [0.717, 1.165) is 12.1 Å². The van der Waals surface area contributed by atoms with E-state index >= 15 is 0 Å². The molecular weight excluding hydrogens is 272 g/mol. The fourth-order valence-electron chi connectivity index (χ4n) is 1.81. The molecule has 0 unspecified atom stereocenters. The number of rotatable bonds is 3. The highest BCUT2D eigenvalue weighted by Gasteiger charge is 2.18. The Balaban J connectivity index is 2.33. The second-order valence-electron chi connectivity index (χ2n) is 4.37. The number of benzene rings is 2. The smallest absolute Gasteiger partial charge is 0.170 e. The lowest BCUT2D eigenvalue weighted by molar-refractivity contribution is 0.0986. The van der Waals surface area contributed by atoms with Crippen LogP contribution >= 0.6 is 0 Å². The largest absolute Gasteiger partial charge is 0.294 e. The van der Waals surface area contributed by atoms with Crippen LogP contribution in [0, 0.1) is 30.2 Å². The Hall–Kier alpha value is -2.17. The van der Waals surface area contributed by atoms with Gasteiger partial charge in [-0.25, -0.2) is 17.6 Å². The second-order valence-corrected chi connectivity index (χ2v) is 4.37. The third kappa shape index (κ3) is 2.57. The summed E-state index contributed by atoms with van der Waals surface area (Å²) in [5.74, 6) is -5.45. The van der Waals surface area contributed by atoms with Crippen LogP contribution in [0.25, 0.3) is 0 Å². The van der Waals surface area contributed by atoms with Gasteiger partial charge in [-0.05, 0) is 30.2 Å². The molecule has 20 heavy (non-hydrogen) atoms. The molecule has 0 amide bonds. The molecule has 0 N–H and O–H groups in total. The number of hydrogen-bond donors (Lipinski definition) is 0. The first-order valence-corrected chi connectivity index (χ1v) is 5.82. The number of aryl methyl sites for hydroxylation is 1. The molecular formula is C15H10F4O. The Morgan fingerprint density at radius 1 is 0.950 bits per heavy atom. The van der Waals surface area contributed by atoms with Crippen LogP contribution in [0.3, 0.4) is 0 Å². The molecule has 5 heteroatoms. The van der Waals surface area contributed by atoms with Crippen LogP contribution in [0.1, 0.15) is 21.5 Å². The first kappa shape index (κ1) is 14.2. The molecule has 2 rings (SSSR count). The Morgan fingerprint density at radius 2 is 1.65 bits per heavy atom. The van der Waals surface area contributed by atoms with Crippen molar-refractivity contribution in [2.24, 2.45) is 0 Å². The Morgan fingerprint density at radius 3 is 2.35 bits per heavy atom. The summed E-state index contributed by atoms with van der Waals surface area (Å²) in [6.07, 6.45) is -0.538. The quantitative estimate of drug-likeness (QED) is 0.615. The minimum atomic E-state index is -1.29. The van der Waals surface area contributed by atoms with Gasteiger partial charge in [-0.1, -0.05) is 18.2 Å². The normalized spacial score (nSPS) is 10.7. The summed E-state index contributed by atoms with van der Waals surface area (Å²) in [4.78, 5) is 11.8. The van der Waals surface area contributed by atoms with Crippen molar-refractivity contribution in [3.8, 4) is 0 Å². The van der Waals surface area contributed by atoms with Gasteiger partial charge in [0.1, 0.15) is 0 Å². The van der Waals surface area contributed by atoms with Crippen molar-refractivity contribution in [2.45, 2.75) is 13.3 Å². The maximum absolute atomic E-state index is 13.6. The van der Waals surface area contributed by atoms with Crippen molar-refractivity contribution in [3.63, 3.8) is 0 Å². The number of halogens is 4. The van der Waals surface area contributed by atoms with Gasteiger partial charge in [0.25, 0.3) is 0 Å². The van der Waals surface area contributed by atoms with E-state index < -0.39 is 41.0 Å². The van der Waals surface area contributed by atoms with Crippen molar-refractivity contribution >= 4 is 5.78 Å². The van der Waals surface area contributed by atoms with Gasteiger partial charge in [0, 0.05) is 6.42 Å². The molecule has 0 aliphatic rings. The number of ketones is 1. The van der Waals surface area contributed by atoms with E-state index in [2.05, 4.69) is 0 Å². The topological polar surface area (TPSA) is 17.1 Å². The lowest BCUT2D eigenvalue weighted by atomic mass is 10.0. The average molecular weight is 282 g/mol. The fourth-order valence-corrected chi connectivity index (χ4v) is 1.81. The fraction of sp³-hybridized carbons (Fsp3) is 0.133. The van der Waals surface area contributed by atoms with Crippen LogP contribution in [-0.2, 0) is 6.42 Å². The molecule has 0 aliphatic heterocycles. The summed E-state index contributed by atoms with van der Waals surface area (Å²) in [5.41, 5.74) is -0.567. The summed E-state index contributed by atoms with van der Waals surface area (Å²) >= 11 is 0. The van der Waals surface area contributed by atoms with Gasteiger partial charge in [-0.3, -0.25) is 4.79 Å². The zero-order chi connectivity index (χ0) is 14.9. The summed E-state index contributed by atoms with van der Waals surface area (Å²) < 4.78 is 53.4. The minimum absolute atomic E-state index is 0.107. The number of Topliss-reactive ketones (excluding diaryl/α,β-unsaturated/α-hetero) is 1. The van der Waals surface area contributed by atoms with Crippen LogP contribution in [0.5, 0.6) is 0 Å². The molecule has 104 valence electrons. The van der Waals surface area contributed by atoms with Crippen molar-refractivity contribution in [2.75, 3.05) is 0 Å². The molecule has 0 bridgehead atoms. The Kier molecular flexibility index (Phi) is 3.88. The van der Waals surface area contributed by atoms with Crippen molar-refractivity contribution in [1.29, 1.82) is 0 Å². The monoisotopic (exact) mass is 282 g/mol. The molecule has 0 radical (unpaired) electrons. The second kappa shape index (κ2) is 5.45. The molecule has 0 fully saturated rings. The third-order valence-corrected chi connectivity index (χ3v) is 2.96. The SMILES string of the molecule is Cc1ccc(CC(=O)c2cccc(F)c2F)c(F)c1F. The Labute approximate surface area is 112 Å². The van der Waals surface area contributed by atoms with Crippen LogP contribution in [0.15, 0.2) is 30.3 Å². The van der Waals surface area contributed by atoms with Gasteiger partial charge < -0.3 is 0 Å². The molecule has 0 saturated heterocycles.